The van der Waals surface area contributed by atoms with E-state index in [0.717, 1.165) is 12.1 Å². The zero-order chi connectivity index (χ0) is 14.3. The standard InChI is InChI=1S/C14H22FNO3/c1-11(10-19-3)16(6-7-18-2)9-12-4-5-14(17)13(15)8-12/h4-5,8,11,17H,6-7,9-10H2,1-3H3. The molecule has 1 aromatic rings. The van der Waals surface area contributed by atoms with Gasteiger partial charge in [-0.25, -0.2) is 4.39 Å². The minimum absolute atomic E-state index is 0.206. The Kier molecular flexibility index (Phi) is 6.77. The van der Waals surface area contributed by atoms with Crippen molar-refractivity contribution in [3.63, 3.8) is 0 Å². The van der Waals surface area contributed by atoms with Crippen molar-refractivity contribution in [2.75, 3.05) is 34.0 Å². The summed E-state index contributed by atoms with van der Waals surface area (Å²) in [5, 5.41) is 9.18. The normalized spacial score (nSPS) is 12.9. The Labute approximate surface area is 113 Å². The van der Waals surface area contributed by atoms with Crippen LogP contribution >= 0.6 is 0 Å². The highest BCUT2D eigenvalue weighted by molar-refractivity contribution is 5.27. The summed E-state index contributed by atoms with van der Waals surface area (Å²) >= 11 is 0. The lowest BCUT2D eigenvalue weighted by Gasteiger charge is -2.28. The van der Waals surface area contributed by atoms with E-state index < -0.39 is 5.82 Å². The third-order valence-corrected chi connectivity index (χ3v) is 3.01. The van der Waals surface area contributed by atoms with Crippen LogP contribution in [0.1, 0.15) is 12.5 Å². The number of ether oxygens (including phenoxy) is 2. The van der Waals surface area contributed by atoms with Gasteiger partial charge in [0.1, 0.15) is 0 Å². The van der Waals surface area contributed by atoms with E-state index in [0.29, 0.717) is 19.8 Å². The van der Waals surface area contributed by atoms with Gasteiger partial charge in [0.25, 0.3) is 0 Å². The quantitative estimate of drug-likeness (QED) is 0.785. The number of hydrogen-bond acceptors (Lipinski definition) is 4. The molecule has 19 heavy (non-hydrogen) atoms. The van der Waals surface area contributed by atoms with E-state index in [1.165, 1.54) is 12.1 Å². The van der Waals surface area contributed by atoms with Gasteiger partial charge in [0.2, 0.25) is 0 Å². The van der Waals surface area contributed by atoms with Crippen molar-refractivity contribution in [1.29, 1.82) is 0 Å². The van der Waals surface area contributed by atoms with E-state index in [1.54, 1.807) is 20.3 Å². The first-order valence-corrected chi connectivity index (χ1v) is 6.27. The number of hydrogen-bond donors (Lipinski definition) is 1. The van der Waals surface area contributed by atoms with E-state index >= 15 is 0 Å². The summed E-state index contributed by atoms with van der Waals surface area (Å²) in [7, 11) is 3.31. The lowest BCUT2D eigenvalue weighted by molar-refractivity contribution is 0.0704. The molecule has 1 N–H and O–H groups in total. The van der Waals surface area contributed by atoms with Crippen LogP contribution in [0.2, 0.25) is 0 Å². The van der Waals surface area contributed by atoms with Gasteiger partial charge in [-0.15, -0.1) is 0 Å². The van der Waals surface area contributed by atoms with Crippen molar-refractivity contribution < 1.29 is 19.0 Å². The molecule has 0 saturated heterocycles. The van der Waals surface area contributed by atoms with Gasteiger partial charge in [-0.1, -0.05) is 6.07 Å². The molecular weight excluding hydrogens is 249 g/mol. The number of methoxy groups -OCH3 is 2. The molecule has 1 rings (SSSR count). The van der Waals surface area contributed by atoms with E-state index in [-0.39, 0.29) is 11.8 Å². The molecule has 0 fully saturated rings. The minimum atomic E-state index is -0.594. The first kappa shape index (κ1) is 15.9. The highest BCUT2D eigenvalue weighted by Crippen LogP contribution is 2.18. The summed E-state index contributed by atoms with van der Waals surface area (Å²) < 4.78 is 23.5. The Balaban J connectivity index is 2.71. The van der Waals surface area contributed by atoms with Crippen LogP contribution < -0.4 is 0 Å². The van der Waals surface area contributed by atoms with Crippen molar-refractivity contribution >= 4 is 0 Å². The molecule has 1 aromatic carbocycles. The highest BCUT2D eigenvalue weighted by atomic mass is 19.1. The number of rotatable bonds is 8. The van der Waals surface area contributed by atoms with Gasteiger partial charge in [0.05, 0.1) is 13.2 Å². The van der Waals surface area contributed by atoms with Gasteiger partial charge in [0.15, 0.2) is 11.6 Å². The molecule has 0 saturated carbocycles. The van der Waals surface area contributed by atoms with E-state index in [1.807, 2.05) is 0 Å². The average Bonchev–Trinajstić information content (AvgIpc) is 2.39. The van der Waals surface area contributed by atoms with Crippen LogP contribution in [0.15, 0.2) is 18.2 Å². The van der Waals surface area contributed by atoms with Crippen molar-refractivity contribution in [1.82, 2.24) is 4.90 Å². The fourth-order valence-electron chi connectivity index (χ4n) is 1.89. The van der Waals surface area contributed by atoms with Crippen LogP contribution in [-0.4, -0.2) is 50.0 Å². The van der Waals surface area contributed by atoms with Crippen molar-refractivity contribution in [2.45, 2.75) is 19.5 Å². The first-order chi connectivity index (χ1) is 9.08. The zero-order valence-electron chi connectivity index (χ0n) is 11.7. The molecule has 0 amide bonds. The summed E-state index contributed by atoms with van der Waals surface area (Å²) in [5.74, 6) is -0.916. The monoisotopic (exact) mass is 271 g/mol. The Morgan fingerprint density at radius 3 is 2.63 bits per heavy atom. The number of halogens is 1. The molecule has 0 aliphatic carbocycles. The van der Waals surface area contributed by atoms with Gasteiger partial charge in [0, 0.05) is 33.4 Å². The maximum Gasteiger partial charge on any atom is 0.165 e. The van der Waals surface area contributed by atoms with E-state index in [2.05, 4.69) is 11.8 Å². The van der Waals surface area contributed by atoms with Gasteiger partial charge in [-0.05, 0) is 24.6 Å². The van der Waals surface area contributed by atoms with Gasteiger partial charge >= 0.3 is 0 Å². The molecule has 0 radical (unpaired) electrons. The Morgan fingerprint density at radius 1 is 1.32 bits per heavy atom. The van der Waals surface area contributed by atoms with Crippen LogP contribution in [0.3, 0.4) is 0 Å². The van der Waals surface area contributed by atoms with E-state index in [9.17, 15) is 9.50 Å². The Morgan fingerprint density at radius 2 is 2.05 bits per heavy atom. The molecule has 0 aromatic heterocycles. The smallest absolute Gasteiger partial charge is 0.165 e. The minimum Gasteiger partial charge on any atom is -0.505 e. The van der Waals surface area contributed by atoms with Crippen LogP contribution in [-0.2, 0) is 16.0 Å². The van der Waals surface area contributed by atoms with E-state index in [4.69, 9.17) is 9.47 Å². The second-order valence-corrected chi connectivity index (χ2v) is 4.55. The molecule has 4 nitrogen and oxygen atoms in total. The molecule has 0 heterocycles. The molecule has 0 bridgehead atoms. The predicted molar refractivity (Wildman–Crippen MR) is 71.7 cm³/mol. The fraction of sp³-hybridized carbons (Fsp3) is 0.571. The molecule has 0 aliphatic heterocycles. The summed E-state index contributed by atoms with van der Waals surface area (Å²) in [6.45, 7) is 4.59. The van der Waals surface area contributed by atoms with Crippen molar-refractivity contribution in [3.05, 3.63) is 29.6 Å². The Hall–Kier alpha value is -1.17. The van der Waals surface area contributed by atoms with Crippen LogP contribution in [0.25, 0.3) is 0 Å². The summed E-state index contributed by atoms with van der Waals surface area (Å²) in [4.78, 5) is 2.15. The number of aromatic hydroxyl groups is 1. The maximum absolute atomic E-state index is 13.3. The average molecular weight is 271 g/mol. The molecule has 0 spiro atoms. The number of phenolic OH excluding ortho intramolecular Hbond substituents is 1. The molecular formula is C14H22FNO3. The van der Waals surface area contributed by atoms with Gasteiger partial charge in [-0.3, -0.25) is 4.90 Å². The number of nitrogens with zero attached hydrogens (tertiary/aromatic N) is 1. The summed E-state index contributed by atoms with van der Waals surface area (Å²) in [6.07, 6.45) is 0. The molecule has 1 atom stereocenters. The lowest BCUT2D eigenvalue weighted by atomic mass is 10.1. The first-order valence-electron chi connectivity index (χ1n) is 6.27. The summed E-state index contributed by atoms with van der Waals surface area (Å²) in [5.41, 5.74) is 0.814. The van der Waals surface area contributed by atoms with Crippen LogP contribution in [0, 0.1) is 5.82 Å². The van der Waals surface area contributed by atoms with Crippen molar-refractivity contribution in [3.8, 4) is 5.75 Å². The zero-order valence-corrected chi connectivity index (χ0v) is 11.7. The van der Waals surface area contributed by atoms with Crippen molar-refractivity contribution in [2.24, 2.45) is 0 Å². The maximum atomic E-state index is 13.3. The third kappa shape index (κ3) is 5.14. The summed E-state index contributed by atoms with van der Waals surface area (Å²) in [6, 6.07) is 4.66. The second kappa shape index (κ2) is 8.09. The predicted octanol–water partition coefficient (Wildman–Crippen LogP) is 2.01. The van der Waals surface area contributed by atoms with Gasteiger partial charge < -0.3 is 14.6 Å². The highest BCUT2D eigenvalue weighted by Gasteiger charge is 2.14. The largest absolute Gasteiger partial charge is 0.505 e. The van der Waals surface area contributed by atoms with Crippen LogP contribution in [0.5, 0.6) is 5.75 Å². The Bertz CT molecular complexity index is 387. The SMILES string of the molecule is COCCN(Cc1ccc(O)c(F)c1)C(C)COC. The molecule has 1 unspecified atom stereocenters. The fourth-order valence-corrected chi connectivity index (χ4v) is 1.89. The topological polar surface area (TPSA) is 41.9 Å². The lowest BCUT2D eigenvalue weighted by Crippen LogP contribution is -2.38. The number of phenols is 1. The molecule has 108 valence electrons. The number of benzene rings is 1. The second-order valence-electron chi connectivity index (χ2n) is 4.55. The molecule has 0 aliphatic rings. The van der Waals surface area contributed by atoms with Crippen LogP contribution in [0.4, 0.5) is 4.39 Å². The molecule has 5 heteroatoms. The third-order valence-electron chi connectivity index (χ3n) is 3.01. The van der Waals surface area contributed by atoms with Gasteiger partial charge in [-0.2, -0.15) is 0 Å².